The number of rotatable bonds is 0. The number of carbonyl (C=O) groups excluding carboxylic acids is 2. The Morgan fingerprint density at radius 2 is 1.25 bits per heavy atom. The molecule has 0 bridgehead atoms. The number of carbonyl (C=O) groups is 2. The second-order valence-electron chi connectivity index (χ2n) is 2.85. The van der Waals surface area contributed by atoms with Crippen LogP contribution in [0, 0.1) is 0 Å². The maximum atomic E-state index is 11.3. The smallest absolute Gasteiger partial charge is 0.200 e. The number of halogens is 1. The first-order chi connectivity index (χ1) is 5.46. The summed E-state index contributed by atoms with van der Waals surface area (Å²) in [5.41, 5.74) is 1.31. The maximum Gasteiger partial charge on any atom is 0.200 e. The molecule has 3 heteroatoms. The van der Waals surface area contributed by atoms with Gasteiger partial charge in [-0.15, -0.1) is 0 Å². The highest BCUT2D eigenvalue weighted by molar-refractivity contribution is 6.49. The van der Waals surface area contributed by atoms with E-state index in [-0.39, 0.29) is 16.6 Å². The Labute approximate surface area is 75.9 Å². The van der Waals surface area contributed by atoms with E-state index in [2.05, 4.69) is 0 Å². The first-order valence-electron chi connectivity index (χ1n) is 3.60. The van der Waals surface area contributed by atoms with Crippen LogP contribution in [0.2, 0.25) is 0 Å². The second-order valence-corrected chi connectivity index (χ2v) is 3.23. The van der Waals surface area contributed by atoms with E-state index in [1.165, 1.54) is 0 Å². The Hall–Kier alpha value is -0.890. The van der Waals surface area contributed by atoms with Crippen LogP contribution in [-0.2, 0) is 9.59 Å². The van der Waals surface area contributed by atoms with Crippen LogP contribution in [-0.4, -0.2) is 11.6 Å². The Morgan fingerprint density at radius 1 is 0.833 bits per heavy atom. The van der Waals surface area contributed by atoms with E-state index in [1.54, 1.807) is 20.8 Å². The molecule has 0 saturated carbocycles. The van der Waals surface area contributed by atoms with E-state index in [0.29, 0.717) is 16.7 Å². The van der Waals surface area contributed by atoms with Crippen LogP contribution in [0.1, 0.15) is 20.8 Å². The number of Topliss-reactive ketones (excluding diaryl/α,β-unsaturated/α-hetero) is 2. The lowest BCUT2D eigenvalue weighted by Gasteiger charge is -2.13. The SMILES string of the molecule is CC1=C(C)C(=O)C(Cl)=C(C)C1=O. The fourth-order valence-electron chi connectivity index (χ4n) is 1.06. The number of allylic oxidation sites excluding steroid dienone is 4. The molecule has 0 fully saturated rings. The summed E-state index contributed by atoms with van der Waals surface area (Å²) < 4.78 is 0. The molecule has 0 aromatic carbocycles. The molecule has 12 heavy (non-hydrogen) atoms. The molecular formula is C9H9ClO2. The van der Waals surface area contributed by atoms with Gasteiger partial charge in [0.1, 0.15) is 0 Å². The van der Waals surface area contributed by atoms with Crippen LogP contribution in [0.25, 0.3) is 0 Å². The quantitative estimate of drug-likeness (QED) is 0.540. The van der Waals surface area contributed by atoms with Crippen LogP contribution in [0.5, 0.6) is 0 Å². The van der Waals surface area contributed by atoms with Crippen molar-refractivity contribution in [2.24, 2.45) is 0 Å². The van der Waals surface area contributed by atoms with Gasteiger partial charge in [-0.2, -0.15) is 0 Å². The van der Waals surface area contributed by atoms with Crippen LogP contribution in [0.15, 0.2) is 21.8 Å². The highest BCUT2D eigenvalue weighted by Gasteiger charge is 2.26. The van der Waals surface area contributed by atoms with Crippen molar-refractivity contribution >= 4 is 23.2 Å². The molecule has 0 N–H and O–H groups in total. The van der Waals surface area contributed by atoms with E-state index in [1.807, 2.05) is 0 Å². The fourth-order valence-corrected chi connectivity index (χ4v) is 1.28. The van der Waals surface area contributed by atoms with Crippen LogP contribution >= 0.6 is 11.6 Å². The predicted molar refractivity (Wildman–Crippen MR) is 46.9 cm³/mol. The van der Waals surface area contributed by atoms with Gasteiger partial charge in [0.25, 0.3) is 0 Å². The number of hydrogen-bond donors (Lipinski definition) is 0. The minimum atomic E-state index is -0.230. The minimum absolute atomic E-state index is 0.0584. The van der Waals surface area contributed by atoms with E-state index in [9.17, 15) is 9.59 Å². The lowest BCUT2D eigenvalue weighted by atomic mass is 9.92. The highest BCUT2D eigenvalue weighted by Crippen LogP contribution is 2.25. The summed E-state index contributed by atoms with van der Waals surface area (Å²) in [5, 5.41) is 0.0584. The third kappa shape index (κ3) is 1.12. The van der Waals surface area contributed by atoms with Gasteiger partial charge in [0.15, 0.2) is 5.78 Å². The molecule has 1 aliphatic rings. The Bertz CT molecular complexity index is 272. The molecule has 0 atom stereocenters. The summed E-state index contributed by atoms with van der Waals surface area (Å²) >= 11 is 5.65. The molecule has 0 aliphatic heterocycles. The van der Waals surface area contributed by atoms with Gasteiger partial charge in [-0.25, -0.2) is 0 Å². The molecule has 1 rings (SSSR count). The molecule has 0 radical (unpaired) electrons. The maximum absolute atomic E-state index is 11.3. The van der Waals surface area contributed by atoms with Gasteiger partial charge >= 0.3 is 0 Å². The minimum Gasteiger partial charge on any atom is -0.289 e. The summed E-state index contributed by atoms with van der Waals surface area (Å²) in [4.78, 5) is 22.6. The molecule has 2 nitrogen and oxygen atoms in total. The third-order valence-corrected chi connectivity index (χ3v) is 2.57. The van der Waals surface area contributed by atoms with E-state index in [4.69, 9.17) is 11.6 Å². The van der Waals surface area contributed by atoms with Gasteiger partial charge in [0.05, 0.1) is 5.03 Å². The summed E-state index contributed by atoms with van der Waals surface area (Å²) in [6.07, 6.45) is 0. The standard InChI is InChI=1S/C9H9ClO2/c1-4-5(2)9(12)7(10)6(3)8(4)11/h1-3H3. The molecule has 0 amide bonds. The van der Waals surface area contributed by atoms with Crippen molar-refractivity contribution in [3.8, 4) is 0 Å². The van der Waals surface area contributed by atoms with Crippen molar-refractivity contribution in [1.29, 1.82) is 0 Å². The van der Waals surface area contributed by atoms with Crippen molar-refractivity contribution in [2.45, 2.75) is 20.8 Å². The van der Waals surface area contributed by atoms with Crippen molar-refractivity contribution < 1.29 is 9.59 Å². The van der Waals surface area contributed by atoms with Crippen LogP contribution in [0.4, 0.5) is 0 Å². The van der Waals surface area contributed by atoms with Crippen LogP contribution < -0.4 is 0 Å². The normalized spacial score (nSPS) is 19.3. The molecule has 64 valence electrons. The number of hydrogen-bond acceptors (Lipinski definition) is 2. The van der Waals surface area contributed by atoms with Gasteiger partial charge in [0.2, 0.25) is 5.78 Å². The largest absolute Gasteiger partial charge is 0.289 e. The van der Waals surface area contributed by atoms with Crippen molar-refractivity contribution in [1.82, 2.24) is 0 Å². The second kappa shape index (κ2) is 2.87. The summed E-state index contributed by atoms with van der Waals surface area (Å²) in [6.45, 7) is 4.82. The molecular weight excluding hydrogens is 176 g/mol. The Balaban J connectivity index is 3.32. The lowest BCUT2D eigenvalue weighted by Crippen LogP contribution is -2.17. The first-order valence-corrected chi connectivity index (χ1v) is 3.98. The van der Waals surface area contributed by atoms with Gasteiger partial charge in [0, 0.05) is 16.7 Å². The molecule has 0 spiro atoms. The number of ketones is 2. The van der Waals surface area contributed by atoms with E-state index in [0.717, 1.165) is 0 Å². The summed E-state index contributed by atoms with van der Waals surface area (Å²) in [7, 11) is 0. The van der Waals surface area contributed by atoms with Crippen LogP contribution in [0.3, 0.4) is 0 Å². The van der Waals surface area contributed by atoms with Gasteiger partial charge in [-0.1, -0.05) is 11.6 Å². The van der Waals surface area contributed by atoms with Gasteiger partial charge in [-0.3, -0.25) is 9.59 Å². The average molecular weight is 185 g/mol. The molecule has 0 aromatic heterocycles. The zero-order valence-electron chi connectivity index (χ0n) is 7.19. The van der Waals surface area contributed by atoms with Crippen molar-refractivity contribution in [3.63, 3.8) is 0 Å². The van der Waals surface area contributed by atoms with Gasteiger partial charge in [-0.05, 0) is 20.8 Å². The van der Waals surface area contributed by atoms with E-state index >= 15 is 0 Å². The van der Waals surface area contributed by atoms with Crippen molar-refractivity contribution in [3.05, 3.63) is 21.8 Å². The molecule has 0 unspecified atom stereocenters. The predicted octanol–water partition coefficient (Wildman–Crippen LogP) is 1.99. The molecule has 0 saturated heterocycles. The Kier molecular flexibility index (Phi) is 2.20. The molecule has 1 aliphatic carbocycles. The average Bonchev–Trinajstić information content (AvgIpc) is 2.08. The zero-order chi connectivity index (χ0) is 9.46. The first kappa shape index (κ1) is 9.20. The Morgan fingerprint density at radius 3 is 1.75 bits per heavy atom. The van der Waals surface area contributed by atoms with E-state index < -0.39 is 0 Å². The lowest BCUT2D eigenvalue weighted by molar-refractivity contribution is -0.116. The fraction of sp³-hybridized carbons (Fsp3) is 0.333. The highest BCUT2D eigenvalue weighted by atomic mass is 35.5. The molecule has 0 aromatic rings. The van der Waals surface area contributed by atoms with Crippen molar-refractivity contribution in [2.75, 3.05) is 0 Å². The zero-order valence-corrected chi connectivity index (χ0v) is 7.95. The third-order valence-electron chi connectivity index (χ3n) is 2.11. The van der Waals surface area contributed by atoms with Gasteiger partial charge < -0.3 is 0 Å². The monoisotopic (exact) mass is 184 g/mol. The summed E-state index contributed by atoms with van der Waals surface area (Å²) in [5.74, 6) is -0.358. The summed E-state index contributed by atoms with van der Waals surface area (Å²) in [6, 6.07) is 0. The topological polar surface area (TPSA) is 34.1 Å². The molecule has 0 heterocycles.